The Kier molecular flexibility index (Phi) is 7.17. The Morgan fingerprint density at radius 1 is 0.821 bits per heavy atom. The van der Waals surface area contributed by atoms with Gasteiger partial charge in [-0.3, -0.25) is 9.52 Å². The van der Waals surface area contributed by atoms with Gasteiger partial charge in [0.05, 0.1) is 9.79 Å². The Morgan fingerprint density at radius 2 is 1.32 bits per heavy atom. The lowest BCUT2D eigenvalue weighted by Gasteiger charge is -2.10. The standard InChI is InChI=1S/C18H23N3O5S2/c1-3-4-13-19-27(23,24)17-11-7-16(8-12-17)21-28(25,26)18-9-5-15(6-10-18)20-14(2)22/h5-12,19,21H,3-4,13H2,1-2H3,(H,20,22). The van der Waals surface area contributed by atoms with Crippen LogP contribution in [0.2, 0.25) is 0 Å². The number of carbonyl (C=O) groups excluding carboxylic acids is 1. The van der Waals surface area contributed by atoms with E-state index < -0.39 is 20.0 Å². The molecule has 8 nitrogen and oxygen atoms in total. The van der Waals surface area contributed by atoms with Crippen LogP contribution in [0.1, 0.15) is 26.7 Å². The first-order valence-corrected chi connectivity index (χ1v) is 11.6. The van der Waals surface area contributed by atoms with Crippen molar-refractivity contribution in [3.8, 4) is 0 Å². The number of carbonyl (C=O) groups is 1. The molecule has 0 fully saturated rings. The molecule has 0 aliphatic carbocycles. The summed E-state index contributed by atoms with van der Waals surface area (Å²) in [6.07, 6.45) is 1.60. The van der Waals surface area contributed by atoms with Crippen molar-refractivity contribution >= 4 is 37.3 Å². The van der Waals surface area contributed by atoms with Gasteiger partial charge in [-0.15, -0.1) is 0 Å². The first kappa shape index (κ1) is 21.9. The van der Waals surface area contributed by atoms with Crippen LogP contribution in [0.3, 0.4) is 0 Å². The average Bonchev–Trinajstić information content (AvgIpc) is 2.62. The second kappa shape index (κ2) is 9.18. The highest BCUT2D eigenvalue weighted by Crippen LogP contribution is 2.20. The smallest absolute Gasteiger partial charge is 0.261 e. The molecule has 0 aliphatic heterocycles. The maximum absolute atomic E-state index is 12.5. The quantitative estimate of drug-likeness (QED) is 0.533. The van der Waals surface area contributed by atoms with E-state index in [9.17, 15) is 21.6 Å². The van der Waals surface area contributed by atoms with Crippen LogP contribution in [-0.2, 0) is 24.8 Å². The lowest BCUT2D eigenvalue weighted by molar-refractivity contribution is -0.114. The van der Waals surface area contributed by atoms with E-state index in [1.54, 1.807) is 0 Å². The predicted octanol–water partition coefficient (Wildman–Crippen LogP) is 2.52. The van der Waals surface area contributed by atoms with Gasteiger partial charge in [0.1, 0.15) is 0 Å². The van der Waals surface area contributed by atoms with Crippen LogP contribution in [-0.4, -0.2) is 29.3 Å². The van der Waals surface area contributed by atoms with E-state index in [0.717, 1.165) is 12.8 Å². The fourth-order valence-corrected chi connectivity index (χ4v) is 4.44. The number of hydrogen-bond donors (Lipinski definition) is 3. The highest BCUT2D eigenvalue weighted by molar-refractivity contribution is 7.92. The van der Waals surface area contributed by atoms with Crippen molar-refractivity contribution in [3.05, 3.63) is 48.5 Å². The Hall–Kier alpha value is -2.43. The fourth-order valence-electron chi connectivity index (χ4n) is 2.30. The van der Waals surface area contributed by atoms with E-state index in [4.69, 9.17) is 0 Å². The molecule has 0 bridgehead atoms. The van der Waals surface area contributed by atoms with Crippen LogP contribution < -0.4 is 14.8 Å². The molecule has 0 spiro atoms. The van der Waals surface area contributed by atoms with Crippen LogP contribution >= 0.6 is 0 Å². The maximum atomic E-state index is 12.5. The van der Waals surface area contributed by atoms with Crippen molar-refractivity contribution in [3.63, 3.8) is 0 Å². The molecule has 10 heteroatoms. The van der Waals surface area contributed by atoms with Crippen molar-refractivity contribution in [2.75, 3.05) is 16.6 Å². The van der Waals surface area contributed by atoms with Crippen LogP contribution in [0.15, 0.2) is 58.3 Å². The minimum absolute atomic E-state index is 0.0135. The minimum Gasteiger partial charge on any atom is -0.326 e. The number of amides is 1. The summed E-state index contributed by atoms with van der Waals surface area (Å²) in [4.78, 5) is 11.1. The largest absolute Gasteiger partial charge is 0.326 e. The van der Waals surface area contributed by atoms with Crippen LogP contribution in [0.25, 0.3) is 0 Å². The third-order valence-electron chi connectivity index (χ3n) is 3.72. The summed E-state index contributed by atoms with van der Waals surface area (Å²) in [7, 11) is -7.47. The van der Waals surface area contributed by atoms with Gasteiger partial charge in [0.15, 0.2) is 0 Å². The van der Waals surface area contributed by atoms with E-state index >= 15 is 0 Å². The highest BCUT2D eigenvalue weighted by Gasteiger charge is 2.16. The molecule has 152 valence electrons. The molecule has 1 amide bonds. The molecule has 2 aromatic carbocycles. The van der Waals surface area contributed by atoms with E-state index in [2.05, 4.69) is 14.8 Å². The van der Waals surface area contributed by atoms with Gasteiger partial charge in [-0.05, 0) is 55.0 Å². The Bertz CT molecular complexity index is 1020. The van der Waals surface area contributed by atoms with Crippen molar-refractivity contribution in [2.24, 2.45) is 0 Å². The summed E-state index contributed by atoms with van der Waals surface area (Å²) < 4.78 is 54.1. The van der Waals surface area contributed by atoms with E-state index in [1.165, 1.54) is 55.5 Å². The van der Waals surface area contributed by atoms with E-state index in [0.29, 0.717) is 12.2 Å². The van der Waals surface area contributed by atoms with Crippen molar-refractivity contribution in [1.82, 2.24) is 4.72 Å². The lowest BCUT2D eigenvalue weighted by Crippen LogP contribution is -2.24. The number of rotatable bonds is 9. The van der Waals surface area contributed by atoms with Crippen LogP contribution in [0.4, 0.5) is 11.4 Å². The van der Waals surface area contributed by atoms with E-state index in [-0.39, 0.29) is 21.4 Å². The number of anilines is 2. The zero-order valence-corrected chi connectivity index (χ0v) is 17.2. The molecule has 0 saturated heterocycles. The first-order chi connectivity index (χ1) is 13.1. The minimum atomic E-state index is -3.85. The van der Waals surface area contributed by atoms with Gasteiger partial charge in [-0.2, -0.15) is 0 Å². The lowest BCUT2D eigenvalue weighted by atomic mass is 10.3. The molecule has 2 aromatic rings. The summed E-state index contributed by atoms with van der Waals surface area (Å²) in [5.74, 6) is -0.257. The predicted molar refractivity (Wildman–Crippen MR) is 108 cm³/mol. The second-order valence-corrected chi connectivity index (χ2v) is 9.54. The van der Waals surface area contributed by atoms with Gasteiger partial charge >= 0.3 is 0 Å². The number of sulfonamides is 2. The monoisotopic (exact) mass is 425 g/mol. The Morgan fingerprint density at radius 3 is 1.82 bits per heavy atom. The molecule has 0 unspecified atom stereocenters. The van der Waals surface area contributed by atoms with Gasteiger partial charge < -0.3 is 5.32 Å². The Balaban J connectivity index is 2.11. The highest BCUT2D eigenvalue weighted by atomic mass is 32.2. The molecule has 0 heterocycles. The molecule has 3 N–H and O–H groups in total. The summed E-state index contributed by atoms with van der Waals surface area (Å²) >= 11 is 0. The van der Waals surface area contributed by atoms with Crippen LogP contribution in [0.5, 0.6) is 0 Å². The summed E-state index contributed by atoms with van der Waals surface area (Å²) in [5.41, 5.74) is 0.718. The number of benzene rings is 2. The molecule has 28 heavy (non-hydrogen) atoms. The van der Waals surface area contributed by atoms with Gasteiger partial charge in [0, 0.05) is 24.8 Å². The number of hydrogen-bond acceptors (Lipinski definition) is 5. The third-order valence-corrected chi connectivity index (χ3v) is 6.60. The second-order valence-electron chi connectivity index (χ2n) is 6.09. The van der Waals surface area contributed by atoms with Crippen LogP contribution in [0, 0.1) is 0 Å². The molecular formula is C18H23N3O5S2. The molecule has 0 aromatic heterocycles. The third kappa shape index (κ3) is 6.04. The molecule has 0 saturated carbocycles. The zero-order valence-electron chi connectivity index (χ0n) is 15.6. The van der Waals surface area contributed by atoms with Gasteiger partial charge in [0.25, 0.3) is 10.0 Å². The van der Waals surface area contributed by atoms with Gasteiger partial charge in [-0.1, -0.05) is 13.3 Å². The van der Waals surface area contributed by atoms with Gasteiger partial charge in [-0.25, -0.2) is 21.6 Å². The van der Waals surface area contributed by atoms with E-state index in [1.807, 2.05) is 6.92 Å². The SMILES string of the molecule is CCCCNS(=O)(=O)c1ccc(NS(=O)(=O)c2ccc(NC(C)=O)cc2)cc1. The number of unbranched alkanes of at least 4 members (excludes halogenated alkanes) is 1. The topological polar surface area (TPSA) is 121 Å². The first-order valence-electron chi connectivity index (χ1n) is 8.64. The Labute approximate surface area is 165 Å². The maximum Gasteiger partial charge on any atom is 0.261 e. The summed E-state index contributed by atoms with van der Waals surface area (Å²) in [5, 5.41) is 2.55. The van der Waals surface area contributed by atoms with Crippen molar-refractivity contribution in [1.29, 1.82) is 0 Å². The number of nitrogens with one attached hydrogen (secondary N) is 3. The molecule has 0 atom stereocenters. The average molecular weight is 426 g/mol. The summed E-state index contributed by atoms with van der Waals surface area (Å²) in [6, 6.07) is 11.1. The molecule has 0 aliphatic rings. The molecular weight excluding hydrogens is 402 g/mol. The fraction of sp³-hybridized carbons (Fsp3) is 0.278. The molecule has 2 rings (SSSR count). The normalized spacial score (nSPS) is 11.8. The van der Waals surface area contributed by atoms with Crippen molar-refractivity contribution < 1.29 is 21.6 Å². The van der Waals surface area contributed by atoms with Gasteiger partial charge in [0.2, 0.25) is 15.9 Å². The van der Waals surface area contributed by atoms with Crippen molar-refractivity contribution in [2.45, 2.75) is 36.5 Å². The summed E-state index contributed by atoms with van der Waals surface area (Å²) in [6.45, 7) is 3.67. The molecule has 0 radical (unpaired) electrons. The zero-order chi connectivity index (χ0) is 20.8.